The minimum atomic E-state index is -0.691. The lowest BCUT2D eigenvalue weighted by atomic mass is 10.1. The van der Waals surface area contributed by atoms with Gasteiger partial charge in [0.05, 0.1) is 17.0 Å². The van der Waals surface area contributed by atoms with Crippen molar-refractivity contribution in [2.24, 2.45) is 0 Å². The standard InChI is InChI=1S/C19H21FN2O5/c1-12-5-6-15(10-16(12)20)26-14-7-8-17(22(24)25)13(9-14)11-21-18(23)27-19(2,3)4/h5-10H,11H2,1-4H3,(H,21,23). The number of carbonyl (C=O) groups excluding carboxylic acids is 1. The van der Waals surface area contributed by atoms with Gasteiger partial charge in [-0.3, -0.25) is 10.1 Å². The number of alkyl carbamates (subject to hydrolysis) is 1. The van der Waals surface area contributed by atoms with Crippen LogP contribution in [0.4, 0.5) is 14.9 Å². The minimum absolute atomic E-state index is 0.120. The van der Waals surface area contributed by atoms with Gasteiger partial charge >= 0.3 is 6.09 Å². The fourth-order valence-corrected chi connectivity index (χ4v) is 2.20. The van der Waals surface area contributed by atoms with Crippen LogP contribution in [0.5, 0.6) is 11.5 Å². The number of carbonyl (C=O) groups is 1. The van der Waals surface area contributed by atoms with Crippen molar-refractivity contribution in [3.8, 4) is 11.5 Å². The highest BCUT2D eigenvalue weighted by atomic mass is 19.1. The van der Waals surface area contributed by atoms with Gasteiger partial charge in [-0.2, -0.15) is 0 Å². The SMILES string of the molecule is Cc1ccc(Oc2ccc([N+](=O)[O-])c(CNC(=O)OC(C)(C)C)c2)cc1F. The molecule has 1 amide bonds. The zero-order chi connectivity index (χ0) is 20.2. The number of halogens is 1. The number of ether oxygens (including phenoxy) is 2. The summed E-state index contributed by atoms with van der Waals surface area (Å²) in [5.74, 6) is 0.129. The Balaban J connectivity index is 2.19. The van der Waals surface area contributed by atoms with Gasteiger partial charge in [0.2, 0.25) is 0 Å². The zero-order valence-corrected chi connectivity index (χ0v) is 15.5. The van der Waals surface area contributed by atoms with Crippen molar-refractivity contribution in [2.45, 2.75) is 39.8 Å². The van der Waals surface area contributed by atoms with Gasteiger partial charge < -0.3 is 14.8 Å². The van der Waals surface area contributed by atoms with E-state index in [0.29, 0.717) is 5.56 Å². The fourth-order valence-electron chi connectivity index (χ4n) is 2.20. The molecule has 0 spiro atoms. The molecule has 0 aliphatic rings. The number of hydrogen-bond acceptors (Lipinski definition) is 5. The van der Waals surface area contributed by atoms with Gasteiger partial charge in [0.1, 0.15) is 22.9 Å². The number of nitrogens with zero attached hydrogens (tertiary/aromatic N) is 1. The van der Waals surface area contributed by atoms with Crippen LogP contribution < -0.4 is 10.1 Å². The average Bonchev–Trinajstić information content (AvgIpc) is 2.55. The predicted molar refractivity (Wildman–Crippen MR) is 97.4 cm³/mol. The number of benzene rings is 2. The first kappa shape index (κ1) is 20.2. The van der Waals surface area contributed by atoms with Crippen LogP contribution in [0.25, 0.3) is 0 Å². The van der Waals surface area contributed by atoms with E-state index in [-0.39, 0.29) is 29.3 Å². The van der Waals surface area contributed by atoms with Crippen LogP contribution in [0.1, 0.15) is 31.9 Å². The van der Waals surface area contributed by atoms with Crippen molar-refractivity contribution in [2.75, 3.05) is 0 Å². The molecule has 0 radical (unpaired) electrons. The molecular weight excluding hydrogens is 355 g/mol. The van der Waals surface area contributed by atoms with Crippen LogP contribution in [0.3, 0.4) is 0 Å². The normalized spacial score (nSPS) is 11.0. The van der Waals surface area contributed by atoms with Crippen molar-refractivity contribution in [1.29, 1.82) is 0 Å². The van der Waals surface area contributed by atoms with Gasteiger partial charge in [-0.25, -0.2) is 9.18 Å². The monoisotopic (exact) mass is 376 g/mol. The van der Waals surface area contributed by atoms with Crippen LogP contribution in [0.2, 0.25) is 0 Å². The predicted octanol–water partition coefficient (Wildman–Crippen LogP) is 4.86. The summed E-state index contributed by atoms with van der Waals surface area (Å²) in [5, 5.41) is 13.7. The van der Waals surface area contributed by atoms with Crippen LogP contribution >= 0.6 is 0 Å². The Labute approximate surface area is 156 Å². The first-order valence-electron chi connectivity index (χ1n) is 8.23. The molecular formula is C19H21FN2O5. The number of hydrogen-bond donors (Lipinski definition) is 1. The molecule has 0 saturated heterocycles. The van der Waals surface area contributed by atoms with E-state index in [9.17, 15) is 19.3 Å². The number of nitro groups is 1. The Bertz CT molecular complexity index is 862. The average molecular weight is 376 g/mol. The Morgan fingerprint density at radius 3 is 2.41 bits per heavy atom. The maximum absolute atomic E-state index is 13.6. The summed E-state index contributed by atoms with van der Waals surface area (Å²) in [6.45, 7) is 6.65. The molecule has 0 aliphatic heterocycles. The quantitative estimate of drug-likeness (QED) is 0.594. The fraction of sp³-hybridized carbons (Fsp3) is 0.316. The zero-order valence-electron chi connectivity index (χ0n) is 15.5. The number of aryl methyl sites for hydroxylation is 1. The first-order chi connectivity index (χ1) is 12.5. The Kier molecular flexibility index (Phi) is 5.99. The number of amides is 1. The second kappa shape index (κ2) is 8.03. The lowest BCUT2D eigenvalue weighted by molar-refractivity contribution is -0.385. The van der Waals surface area contributed by atoms with Crippen molar-refractivity contribution >= 4 is 11.8 Å². The smallest absolute Gasteiger partial charge is 0.407 e. The van der Waals surface area contributed by atoms with Crippen molar-refractivity contribution in [3.05, 3.63) is 63.5 Å². The number of nitro benzene ring substituents is 1. The summed E-state index contributed by atoms with van der Waals surface area (Å²) in [6.07, 6.45) is -0.691. The van der Waals surface area contributed by atoms with Gasteiger partial charge in [-0.05, 0) is 51.5 Å². The summed E-state index contributed by atoms with van der Waals surface area (Å²) in [5.41, 5.74) is -0.144. The molecule has 27 heavy (non-hydrogen) atoms. The largest absolute Gasteiger partial charge is 0.457 e. The molecule has 1 N–H and O–H groups in total. The molecule has 2 aromatic carbocycles. The third-order valence-corrected chi connectivity index (χ3v) is 3.45. The summed E-state index contributed by atoms with van der Waals surface area (Å²) < 4.78 is 24.3. The second-order valence-corrected chi connectivity index (χ2v) is 6.92. The molecule has 0 aromatic heterocycles. The topological polar surface area (TPSA) is 90.7 Å². The summed E-state index contributed by atoms with van der Waals surface area (Å²) in [7, 11) is 0. The highest BCUT2D eigenvalue weighted by molar-refractivity contribution is 5.68. The maximum atomic E-state index is 13.6. The van der Waals surface area contributed by atoms with Gasteiger partial charge in [0, 0.05) is 12.1 Å². The van der Waals surface area contributed by atoms with E-state index >= 15 is 0 Å². The van der Waals surface area contributed by atoms with Crippen LogP contribution in [-0.2, 0) is 11.3 Å². The van der Waals surface area contributed by atoms with E-state index in [1.807, 2.05) is 0 Å². The molecule has 2 rings (SSSR count). The van der Waals surface area contributed by atoms with Crippen LogP contribution in [0, 0.1) is 22.9 Å². The number of rotatable bonds is 5. The van der Waals surface area contributed by atoms with Gasteiger partial charge in [0.25, 0.3) is 5.69 Å². The summed E-state index contributed by atoms with van der Waals surface area (Å²) in [4.78, 5) is 22.4. The van der Waals surface area contributed by atoms with Gasteiger partial charge in [-0.1, -0.05) is 6.07 Å². The Hall–Kier alpha value is -3.16. The van der Waals surface area contributed by atoms with Gasteiger partial charge in [-0.15, -0.1) is 0 Å². The van der Waals surface area contributed by atoms with E-state index in [0.717, 1.165) is 0 Å². The maximum Gasteiger partial charge on any atom is 0.407 e. The molecule has 0 heterocycles. The number of nitrogens with one attached hydrogen (secondary N) is 1. The molecule has 144 valence electrons. The molecule has 0 atom stereocenters. The second-order valence-electron chi connectivity index (χ2n) is 6.92. The van der Waals surface area contributed by atoms with Crippen molar-refractivity contribution < 1.29 is 23.6 Å². The lowest BCUT2D eigenvalue weighted by Gasteiger charge is -2.19. The van der Waals surface area contributed by atoms with E-state index in [4.69, 9.17) is 9.47 Å². The lowest BCUT2D eigenvalue weighted by Crippen LogP contribution is -2.32. The Morgan fingerprint density at radius 1 is 1.19 bits per heavy atom. The van der Waals surface area contributed by atoms with E-state index in [1.54, 1.807) is 39.8 Å². The molecule has 0 unspecified atom stereocenters. The highest BCUT2D eigenvalue weighted by Crippen LogP contribution is 2.28. The first-order valence-corrected chi connectivity index (χ1v) is 8.23. The van der Waals surface area contributed by atoms with Gasteiger partial charge in [0.15, 0.2) is 0 Å². The molecule has 8 heteroatoms. The molecule has 2 aromatic rings. The third-order valence-electron chi connectivity index (χ3n) is 3.45. The van der Waals surface area contributed by atoms with E-state index in [1.165, 1.54) is 24.3 Å². The van der Waals surface area contributed by atoms with Crippen LogP contribution in [0.15, 0.2) is 36.4 Å². The molecule has 0 saturated carbocycles. The molecule has 0 aliphatic carbocycles. The Morgan fingerprint density at radius 2 is 1.81 bits per heavy atom. The molecule has 0 fully saturated rings. The third kappa shape index (κ3) is 5.95. The van der Waals surface area contributed by atoms with E-state index < -0.39 is 22.4 Å². The molecule has 0 bridgehead atoms. The summed E-state index contributed by atoms with van der Waals surface area (Å²) >= 11 is 0. The van der Waals surface area contributed by atoms with Crippen molar-refractivity contribution in [1.82, 2.24) is 5.32 Å². The minimum Gasteiger partial charge on any atom is -0.457 e. The molecule has 7 nitrogen and oxygen atoms in total. The summed E-state index contributed by atoms with van der Waals surface area (Å²) in [6, 6.07) is 8.50. The van der Waals surface area contributed by atoms with Crippen molar-refractivity contribution in [3.63, 3.8) is 0 Å². The highest BCUT2D eigenvalue weighted by Gasteiger charge is 2.19. The van der Waals surface area contributed by atoms with E-state index in [2.05, 4.69) is 5.32 Å². The van der Waals surface area contributed by atoms with Crippen LogP contribution in [-0.4, -0.2) is 16.6 Å².